The smallest absolute Gasteiger partial charge is 0.344 e. The lowest BCUT2D eigenvalue weighted by molar-refractivity contribution is -0.150. The van der Waals surface area contributed by atoms with Gasteiger partial charge < -0.3 is 15.2 Å². The first-order valence-electron chi connectivity index (χ1n) is 5.10. The van der Waals surface area contributed by atoms with E-state index < -0.39 is 24.5 Å². The van der Waals surface area contributed by atoms with Crippen LogP contribution in [0.3, 0.4) is 0 Å². The van der Waals surface area contributed by atoms with Crippen LogP contribution in [0.1, 0.15) is 0 Å². The van der Waals surface area contributed by atoms with Gasteiger partial charge in [-0.3, -0.25) is 10.1 Å². The Labute approximate surface area is 113 Å². The van der Waals surface area contributed by atoms with Crippen LogP contribution in [0.15, 0.2) is 24.3 Å². The van der Waals surface area contributed by atoms with Gasteiger partial charge in [0.1, 0.15) is 5.75 Å². The number of carbonyl (C=O) groups excluding carboxylic acids is 3. The number of benzene rings is 1. The van der Waals surface area contributed by atoms with Crippen molar-refractivity contribution in [2.45, 2.75) is 0 Å². The molecule has 8 heteroatoms. The lowest BCUT2D eigenvalue weighted by atomic mass is 10.3. The molecule has 0 aliphatic heterocycles. The van der Waals surface area contributed by atoms with Gasteiger partial charge in [-0.15, -0.1) is 0 Å². The fourth-order valence-corrected chi connectivity index (χ4v) is 1.24. The Morgan fingerprint density at radius 1 is 1.26 bits per heavy atom. The molecule has 7 nitrogen and oxygen atoms in total. The third kappa shape index (κ3) is 6.27. The highest BCUT2D eigenvalue weighted by Crippen LogP contribution is 2.16. The van der Waals surface area contributed by atoms with E-state index in [9.17, 15) is 14.4 Å². The van der Waals surface area contributed by atoms with Gasteiger partial charge in [0, 0.05) is 5.02 Å². The Hall–Kier alpha value is -2.28. The Balaban J connectivity index is 2.28. The van der Waals surface area contributed by atoms with E-state index >= 15 is 0 Å². The van der Waals surface area contributed by atoms with E-state index in [0.29, 0.717) is 10.8 Å². The predicted octanol–water partition coefficient (Wildman–Crippen LogP) is 0.457. The fourth-order valence-electron chi connectivity index (χ4n) is 1.06. The summed E-state index contributed by atoms with van der Waals surface area (Å²) in [5, 5.41) is 2.21. The molecule has 0 aliphatic rings. The second kappa shape index (κ2) is 7.22. The molecule has 0 heterocycles. The average Bonchev–Trinajstić information content (AvgIpc) is 2.33. The zero-order valence-corrected chi connectivity index (χ0v) is 10.5. The van der Waals surface area contributed by atoms with Gasteiger partial charge in [-0.2, -0.15) is 0 Å². The molecule has 1 rings (SSSR count). The third-order valence-electron chi connectivity index (χ3n) is 1.78. The summed E-state index contributed by atoms with van der Waals surface area (Å²) >= 11 is 5.72. The molecule has 19 heavy (non-hydrogen) atoms. The number of rotatable bonds is 5. The maximum Gasteiger partial charge on any atom is 0.344 e. The monoisotopic (exact) mass is 286 g/mol. The first-order valence-corrected chi connectivity index (χ1v) is 5.48. The summed E-state index contributed by atoms with van der Waals surface area (Å²) in [5.74, 6) is -1.19. The molecule has 0 fully saturated rings. The second-order valence-corrected chi connectivity index (χ2v) is 3.76. The van der Waals surface area contributed by atoms with Gasteiger partial charge in [0.25, 0.3) is 5.91 Å². The molecule has 102 valence electrons. The van der Waals surface area contributed by atoms with E-state index in [2.05, 4.69) is 4.74 Å². The van der Waals surface area contributed by atoms with Gasteiger partial charge in [0.05, 0.1) is 0 Å². The van der Waals surface area contributed by atoms with Crippen molar-refractivity contribution in [3.63, 3.8) is 0 Å². The summed E-state index contributed by atoms with van der Waals surface area (Å²) in [5.41, 5.74) is 4.70. The predicted molar refractivity (Wildman–Crippen MR) is 65.6 cm³/mol. The number of nitrogens with two attached hydrogens (primary N) is 1. The van der Waals surface area contributed by atoms with Crippen LogP contribution in [0.2, 0.25) is 5.02 Å². The van der Waals surface area contributed by atoms with E-state index in [1.54, 1.807) is 23.5 Å². The van der Waals surface area contributed by atoms with Crippen LogP contribution in [0.5, 0.6) is 5.75 Å². The zero-order chi connectivity index (χ0) is 14.3. The number of hydrogen-bond donors (Lipinski definition) is 2. The number of urea groups is 1. The molecule has 0 unspecified atom stereocenters. The van der Waals surface area contributed by atoms with Gasteiger partial charge in [-0.05, 0) is 18.2 Å². The van der Waals surface area contributed by atoms with Crippen LogP contribution < -0.4 is 15.8 Å². The third-order valence-corrected chi connectivity index (χ3v) is 2.01. The van der Waals surface area contributed by atoms with Crippen LogP contribution >= 0.6 is 11.6 Å². The molecule has 3 amide bonds. The van der Waals surface area contributed by atoms with Crippen molar-refractivity contribution in [2.75, 3.05) is 13.2 Å². The molecular weight excluding hydrogens is 276 g/mol. The molecule has 0 bridgehead atoms. The van der Waals surface area contributed by atoms with E-state index in [4.69, 9.17) is 22.1 Å². The SMILES string of the molecule is NC(=O)NC(=O)COC(=O)COc1cccc(Cl)c1. The molecule has 0 aliphatic carbocycles. The zero-order valence-electron chi connectivity index (χ0n) is 9.72. The van der Waals surface area contributed by atoms with Crippen molar-refractivity contribution in [1.29, 1.82) is 0 Å². The summed E-state index contributed by atoms with van der Waals surface area (Å²) in [4.78, 5) is 32.5. The molecular formula is C11H11ClN2O5. The van der Waals surface area contributed by atoms with Gasteiger partial charge in [0.2, 0.25) is 0 Å². The number of halogens is 1. The summed E-state index contributed by atoms with van der Waals surface area (Å²) in [7, 11) is 0. The molecule has 0 atom stereocenters. The Morgan fingerprint density at radius 3 is 2.63 bits per heavy atom. The van der Waals surface area contributed by atoms with Crippen LogP contribution in [0.4, 0.5) is 4.79 Å². The number of esters is 1. The van der Waals surface area contributed by atoms with Crippen LogP contribution in [0.25, 0.3) is 0 Å². The highest BCUT2D eigenvalue weighted by atomic mass is 35.5. The number of hydrogen-bond acceptors (Lipinski definition) is 5. The van der Waals surface area contributed by atoms with Gasteiger partial charge in [-0.1, -0.05) is 17.7 Å². The van der Waals surface area contributed by atoms with E-state index in [-0.39, 0.29) is 6.61 Å². The minimum absolute atomic E-state index is 0.385. The minimum Gasteiger partial charge on any atom is -0.482 e. The summed E-state index contributed by atoms with van der Waals surface area (Å²) in [6.45, 7) is -0.995. The number of carbonyl (C=O) groups is 3. The van der Waals surface area contributed by atoms with Crippen molar-refractivity contribution in [3.05, 3.63) is 29.3 Å². The topological polar surface area (TPSA) is 108 Å². The molecule has 0 saturated carbocycles. The first-order chi connectivity index (χ1) is 8.97. The lowest BCUT2D eigenvalue weighted by Crippen LogP contribution is -2.38. The molecule has 0 aromatic heterocycles. The maximum atomic E-state index is 11.2. The van der Waals surface area contributed by atoms with Crippen molar-refractivity contribution in [3.8, 4) is 5.75 Å². The van der Waals surface area contributed by atoms with Crippen molar-refractivity contribution in [2.24, 2.45) is 5.73 Å². The quantitative estimate of drug-likeness (QED) is 0.764. The first kappa shape index (κ1) is 14.8. The second-order valence-electron chi connectivity index (χ2n) is 3.32. The fraction of sp³-hybridized carbons (Fsp3) is 0.182. The highest BCUT2D eigenvalue weighted by Gasteiger charge is 2.09. The summed E-state index contributed by atoms with van der Waals surface area (Å²) < 4.78 is 9.62. The summed E-state index contributed by atoms with van der Waals surface area (Å²) in [6, 6.07) is 5.42. The number of imide groups is 1. The molecule has 0 spiro atoms. The Bertz CT molecular complexity index is 492. The molecule has 0 radical (unpaired) electrons. The van der Waals surface area contributed by atoms with Gasteiger partial charge >= 0.3 is 12.0 Å². The number of nitrogens with one attached hydrogen (secondary N) is 1. The highest BCUT2D eigenvalue weighted by molar-refractivity contribution is 6.30. The minimum atomic E-state index is -1.02. The van der Waals surface area contributed by atoms with Gasteiger partial charge in [0.15, 0.2) is 13.2 Å². The Morgan fingerprint density at radius 2 is 2.00 bits per heavy atom. The lowest BCUT2D eigenvalue weighted by Gasteiger charge is -2.06. The number of primary amides is 1. The summed E-state index contributed by atoms with van der Waals surface area (Å²) in [6.07, 6.45) is 0. The van der Waals surface area contributed by atoms with Crippen LogP contribution in [-0.4, -0.2) is 31.1 Å². The number of amides is 3. The molecule has 0 saturated heterocycles. The number of ether oxygens (including phenoxy) is 2. The Kier molecular flexibility index (Phi) is 5.62. The van der Waals surface area contributed by atoms with Crippen molar-refractivity contribution in [1.82, 2.24) is 5.32 Å². The molecule has 1 aromatic carbocycles. The van der Waals surface area contributed by atoms with Crippen LogP contribution in [0, 0.1) is 0 Å². The van der Waals surface area contributed by atoms with Crippen molar-refractivity contribution >= 4 is 29.5 Å². The normalized spacial score (nSPS) is 9.53. The standard InChI is InChI=1S/C11H11ClN2O5/c12-7-2-1-3-8(4-7)18-6-10(16)19-5-9(15)14-11(13)17/h1-4H,5-6H2,(H3,13,14,15,17). The molecule has 3 N–H and O–H groups in total. The average molecular weight is 287 g/mol. The molecule has 1 aromatic rings. The maximum absolute atomic E-state index is 11.2. The van der Waals surface area contributed by atoms with E-state index in [0.717, 1.165) is 0 Å². The largest absolute Gasteiger partial charge is 0.482 e. The van der Waals surface area contributed by atoms with E-state index in [1.807, 2.05) is 0 Å². The van der Waals surface area contributed by atoms with Crippen molar-refractivity contribution < 1.29 is 23.9 Å². The van der Waals surface area contributed by atoms with Crippen LogP contribution in [-0.2, 0) is 14.3 Å². The van der Waals surface area contributed by atoms with E-state index in [1.165, 1.54) is 6.07 Å². The van der Waals surface area contributed by atoms with Gasteiger partial charge in [-0.25, -0.2) is 9.59 Å².